The van der Waals surface area contributed by atoms with E-state index in [-0.39, 0.29) is 11.9 Å². The first-order valence-electron chi connectivity index (χ1n) is 8.15. The van der Waals surface area contributed by atoms with Gasteiger partial charge in [0.05, 0.1) is 24.9 Å². The molecule has 1 fully saturated rings. The first kappa shape index (κ1) is 16.7. The topological polar surface area (TPSA) is 80.7 Å². The fraction of sp³-hybridized carbons (Fsp3) is 0.529. The van der Waals surface area contributed by atoms with Gasteiger partial charge in [0.15, 0.2) is 0 Å². The third-order valence-corrected chi connectivity index (χ3v) is 4.29. The average Bonchev–Trinajstić information content (AvgIpc) is 3.14. The van der Waals surface area contributed by atoms with Crippen LogP contribution in [0.2, 0.25) is 0 Å². The zero-order chi connectivity index (χ0) is 17.1. The summed E-state index contributed by atoms with van der Waals surface area (Å²) >= 11 is 0. The van der Waals surface area contributed by atoms with Crippen LogP contribution < -0.4 is 5.32 Å². The van der Waals surface area contributed by atoms with E-state index in [9.17, 15) is 4.79 Å². The first-order valence-corrected chi connectivity index (χ1v) is 8.15. The maximum atomic E-state index is 12.5. The molecule has 0 unspecified atom stereocenters. The number of rotatable bonds is 5. The van der Waals surface area contributed by atoms with E-state index in [2.05, 4.69) is 15.4 Å². The van der Waals surface area contributed by atoms with Gasteiger partial charge >= 0.3 is 0 Å². The summed E-state index contributed by atoms with van der Waals surface area (Å²) in [6.07, 6.45) is 0. The number of amides is 1. The summed E-state index contributed by atoms with van der Waals surface area (Å²) < 4.78 is 16.3. The number of furan rings is 1. The molecule has 0 aromatic carbocycles. The van der Waals surface area contributed by atoms with Gasteiger partial charge in [0.1, 0.15) is 22.8 Å². The quantitative estimate of drug-likeness (QED) is 0.901. The molecule has 3 heterocycles. The minimum absolute atomic E-state index is 0.0213. The number of nitrogens with zero attached hydrogens (tertiary/aromatic N) is 2. The van der Waals surface area contributed by atoms with Crippen LogP contribution in [0.25, 0.3) is 0 Å². The zero-order valence-electron chi connectivity index (χ0n) is 14.3. The molecule has 1 atom stereocenters. The molecule has 0 bridgehead atoms. The van der Waals surface area contributed by atoms with Gasteiger partial charge in [-0.3, -0.25) is 9.69 Å². The van der Waals surface area contributed by atoms with Crippen molar-refractivity contribution in [3.05, 3.63) is 40.7 Å². The van der Waals surface area contributed by atoms with E-state index in [1.54, 1.807) is 13.8 Å². The summed E-state index contributed by atoms with van der Waals surface area (Å²) in [6.45, 7) is 8.88. The molecule has 0 aliphatic carbocycles. The predicted molar refractivity (Wildman–Crippen MR) is 86.9 cm³/mol. The molecule has 24 heavy (non-hydrogen) atoms. The van der Waals surface area contributed by atoms with Crippen LogP contribution >= 0.6 is 0 Å². The van der Waals surface area contributed by atoms with Crippen LogP contribution in [0.5, 0.6) is 0 Å². The zero-order valence-corrected chi connectivity index (χ0v) is 14.3. The molecule has 7 nitrogen and oxygen atoms in total. The highest BCUT2D eigenvalue weighted by Crippen LogP contribution is 2.23. The first-order chi connectivity index (χ1) is 11.6. The molecule has 2 aromatic heterocycles. The lowest BCUT2D eigenvalue weighted by Crippen LogP contribution is -2.43. The predicted octanol–water partition coefficient (Wildman–Crippen LogP) is 2.00. The Bertz CT molecular complexity index is 681. The molecule has 1 aliphatic rings. The van der Waals surface area contributed by atoms with Gasteiger partial charge in [0.2, 0.25) is 0 Å². The van der Waals surface area contributed by atoms with E-state index in [1.165, 1.54) is 0 Å². The van der Waals surface area contributed by atoms with Crippen molar-refractivity contribution in [2.75, 3.05) is 32.8 Å². The van der Waals surface area contributed by atoms with Gasteiger partial charge < -0.3 is 19.0 Å². The number of nitrogens with one attached hydrogen (secondary N) is 1. The molecular weight excluding hydrogens is 310 g/mol. The van der Waals surface area contributed by atoms with E-state index in [0.29, 0.717) is 36.8 Å². The van der Waals surface area contributed by atoms with Crippen LogP contribution in [0, 0.1) is 20.8 Å². The number of hydrogen-bond acceptors (Lipinski definition) is 6. The molecular formula is C17H23N3O4. The second-order valence-electron chi connectivity index (χ2n) is 6.02. The third kappa shape index (κ3) is 3.52. The van der Waals surface area contributed by atoms with Gasteiger partial charge in [-0.1, -0.05) is 5.16 Å². The number of carbonyl (C=O) groups excluding carboxylic acids is 1. The van der Waals surface area contributed by atoms with Crippen molar-refractivity contribution in [1.29, 1.82) is 0 Å². The minimum Gasteiger partial charge on any atom is -0.465 e. The largest absolute Gasteiger partial charge is 0.465 e. The van der Waals surface area contributed by atoms with Gasteiger partial charge in [-0.05, 0) is 32.9 Å². The number of morpholine rings is 1. The molecule has 0 saturated carbocycles. The number of aryl methyl sites for hydroxylation is 3. The molecule has 0 spiro atoms. The molecule has 1 aliphatic heterocycles. The average molecular weight is 333 g/mol. The lowest BCUT2D eigenvalue weighted by molar-refractivity contribution is 0.0117. The van der Waals surface area contributed by atoms with E-state index >= 15 is 0 Å². The number of hydrogen-bond donors (Lipinski definition) is 1. The normalized spacial score (nSPS) is 17.0. The highest BCUT2D eigenvalue weighted by Gasteiger charge is 2.27. The van der Waals surface area contributed by atoms with E-state index in [1.807, 2.05) is 19.1 Å². The van der Waals surface area contributed by atoms with Crippen molar-refractivity contribution in [3.63, 3.8) is 0 Å². The molecule has 1 amide bonds. The Balaban J connectivity index is 1.73. The SMILES string of the molecule is Cc1ccc([C@@H](CNC(=O)c2c(C)noc2C)N2CCOCC2)o1. The maximum Gasteiger partial charge on any atom is 0.256 e. The molecule has 2 aromatic rings. The van der Waals surface area contributed by atoms with Crippen LogP contribution in [0.15, 0.2) is 21.1 Å². The van der Waals surface area contributed by atoms with Crippen molar-refractivity contribution in [1.82, 2.24) is 15.4 Å². The number of aromatic nitrogens is 1. The lowest BCUT2D eigenvalue weighted by atomic mass is 10.1. The van der Waals surface area contributed by atoms with Crippen LogP contribution in [0.4, 0.5) is 0 Å². The van der Waals surface area contributed by atoms with E-state index in [0.717, 1.165) is 24.6 Å². The monoisotopic (exact) mass is 333 g/mol. The van der Waals surface area contributed by atoms with Gasteiger partial charge in [-0.2, -0.15) is 0 Å². The summed E-state index contributed by atoms with van der Waals surface area (Å²) in [5.41, 5.74) is 1.10. The van der Waals surface area contributed by atoms with Crippen molar-refractivity contribution in [2.24, 2.45) is 0 Å². The Morgan fingerprint density at radius 1 is 1.29 bits per heavy atom. The number of ether oxygens (including phenoxy) is 1. The van der Waals surface area contributed by atoms with Crippen LogP contribution in [-0.4, -0.2) is 48.8 Å². The molecule has 130 valence electrons. The number of carbonyl (C=O) groups is 1. The Morgan fingerprint density at radius 3 is 2.62 bits per heavy atom. The molecule has 0 radical (unpaired) electrons. The fourth-order valence-corrected chi connectivity index (χ4v) is 3.02. The van der Waals surface area contributed by atoms with E-state index < -0.39 is 0 Å². The highest BCUT2D eigenvalue weighted by atomic mass is 16.5. The van der Waals surface area contributed by atoms with E-state index in [4.69, 9.17) is 13.7 Å². The second-order valence-corrected chi connectivity index (χ2v) is 6.02. The summed E-state index contributed by atoms with van der Waals surface area (Å²) in [5, 5.41) is 6.82. The Labute approximate surface area is 140 Å². The second kappa shape index (κ2) is 7.19. The van der Waals surface area contributed by atoms with Gasteiger partial charge in [0, 0.05) is 19.6 Å². The van der Waals surface area contributed by atoms with Gasteiger partial charge in [-0.15, -0.1) is 0 Å². The van der Waals surface area contributed by atoms with Crippen molar-refractivity contribution >= 4 is 5.91 Å². The van der Waals surface area contributed by atoms with Crippen LogP contribution in [-0.2, 0) is 4.74 Å². The molecule has 7 heteroatoms. The third-order valence-electron chi connectivity index (χ3n) is 4.29. The molecule has 3 rings (SSSR count). The summed E-state index contributed by atoms with van der Waals surface area (Å²) in [5.74, 6) is 2.07. The van der Waals surface area contributed by atoms with Crippen molar-refractivity contribution in [2.45, 2.75) is 26.8 Å². The fourth-order valence-electron chi connectivity index (χ4n) is 3.02. The summed E-state index contributed by atoms with van der Waals surface area (Å²) in [4.78, 5) is 14.8. The Kier molecular flexibility index (Phi) is 5.01. The van der Waals surface area contributed by atoms with Crippen molar-refractivity contribution in [3.8, 4) is 0 Å². The van der Waals surface area contributed by atoms with Gasteiger partial charge in [0.25, 0.3) is 5.91 Å². The summed E-state index contributed by atoms with van der Waals surface area (Å²) in [7, 11) is 0. The standard InChI is InChI=1S/C17H23N3O4/c1-11-4-5-15(23-11)14(20-6-8-22-9-7-20)10-18-17(21)16-12(2)19-24-13(16)3/h4-5,14H,6-10H2,1-3H3,(H,18,21)/t14-/m1/s1. The van der Waals surface area contributed by atoms with Crippen LogP contribution in [0.3, 0.4) is 0 Å². The Morgan fingerprint density at radius 2 is 2.04 bits per heavy atom. The Hall–Kier alpha value is -2.12. The highest BCUT2D eigenvalue weighted by molar-refractivity contribution is 5.96. The maximum absolute atomic E-state index is 12.5. The smallest absolute Gasteiger partial charge is 0.256 e. The van der Waals surface area contributed by atoms with Gasteiger partial charge in [-0.25, -0.2) is 0 Å². The lowest BCUT2D eigenvalue weighted by Gasteiger charge is -2.33. The summed E-state index contributed by atoms with van der Waals surface area (Å²) in [6, 6.07) is 3.89. The van der Waals surface area contributed by atoms with Crippen molar-refractivity contribution < 1.29 is 18.5 Å². The molecule has 1 N–H and O–H groups in total. The minimum atomic E-state index is -0.173. The van der Waals surface area contributed by atoms with Crippen LogP contribution in [0.1, 0.15) is 39.4 Å². The molecule has 1 saturated heterocycles.